The number of hydrogen-bond acceptors (Lipinski definition) is 2. The van der Waals surface area contributed by atoms with Crippen molar-refractivity contribution in [3.8, 4) is 5.75 Å². The monoisotopic (exact) mass is 243 g/mol. The first kappa shape index (κ1) is 12.9. The van der Waals surface area contributed by atoms with Gasteiger partial charge < -0.3 is 9.64 Å². The van der Waals surface area contributed by atoms with Gasteiger partial charge >= 0.3 is 0 Å². The predicted molar refractivity (Wildman–Crippen MR) is 77.4 cm³/mol. The van der Waals surface area contributed by atoms with Crippen LogP contribution < -0.4 is 4.74 Å². The number of ether oxygens (including phenoxy) is 1. The van der Waals surface area contributed by atoms with Crippen molar-refractivity contribution in [1.82, 2.24) is 4.90 Å². The van der Waals surface area contributed by atoms with Crippen molar-refractivity contribution in [1.29, 1.82) is 0 Å². The molecule has 0 aliphatic rings. The summed E-state index contributed by atoms with van der Waals surface area (Å²) in [6.45, 7) is 1.10. The van der Waals surface area contributed by atoms with Crippen LogP contribution in [0.2, 0.25) is 0 Å². The molecule has 0 spiro atoms. The zero-order valence-corrected chi connectivity index (χ0v) is 11.4. The fourth-order valence-corrected chi connectivity index (χ4v) is 2.34. The first-order chi connectivity index (χ1) is 8.72. The maximum atomic E-state index is 5.50. The third kappa shape index (κ3) is 2.82. The van der Waals surface area contributed by atoms with Gasteiger partial charge in [0, 0.05) is 5.56 Å². The zero-order chi connectivity index (χ0) is 13.0. The molecule has 2 aromatic carbocycles. The van der Waals surface area contributed by atoms with E-state index in [1.54, 1.807) is 7.11 Å². The van der Waals surface area contributed by atoms with E-state index in [1.807, 2.05) is 0 Å². The molecular weight excluding hydrogens is 222 g/mol. The predicted octanol–water partition coefficient (Wildman–Crippen LogP) is 3.34. The summed E-state index contributed by atoms with van der Waals surface area (Å²) in [5.74, 6) is 1.01. The third-order valence-corrected chi connectivity index (χ3v) is 3.25. The molecule has 0 saturated carbocycles. The Morgan fingerprint density at radius 3 is 2.56 bits per heavy atom. The lowest BCUT2D eigenvalue weighted by Gasteiger charge is -2.14. The summed E-state index contributed by atoms with van der Waals surface area (Å²) in [6, 6.07) is 12.7. The molecular formula is C16H21NO. The van der Waals surface area contributed by atoms with Crippen LogP contribution in [0.4, 0.5) is 0 Å². The van der Waals surface area contributed by atoms with Gasteiger partial charge in [0.1, 0.15) is 5.75 Å². The van der Waals surface area contributed by atoms with Gasteiger partial charge in [-0.2, -0.15) is 0 Å². The van der Waals surface area contributed by atoms with Crippen LogP contribution in [0.15, 0.2) is 36.4 Å². The third-order valence-electron chi connectivity index (χ3n) is 3.25. The molecule has 0 heterocycles. The molecule has 2 rings (SSSR count). The molecule has 0 atom stereocenters. The van der Waals surface area contributed by atoms with Crippen LogP contribution in [0.1, 0.15) is 12.0 Å². The Bertz CT molecular complexity index is 519. The Kier molecular flexibility index (Phi) is 4.21. The average molecular weight is 243 g/mol. The molecule has 2 aromatic rings. The van der Waals surface area contributed by atoms with Crippen molar-refractivity contribution in [3.63, 3.8) is 0 Å². The largest absolute Gasteiger partial charge is 0.496 e. The van der Waals surface area contributed by atoms with Crippen molar-refractivity contribution in [2.24, 2.45) is 0 Å². The van der Waals surface area contributed by atoms with Crippen molar-refractivity contribution in [2.45, 2.75) is 12.8 Å². The second kappa shape index (κ2) is 5.87. The van der Waals surface area contributed by atoms with Gasteiger partial charge in [-0.05, 0) is 50.3 Å². The van der Waals surface area contributed by atoms with Crippen LogP contribution in [-0.2, 0) is 6.42 Å². The number of aryl methyl sites for hydroxylation is 1. The second-order valence-corrected chi connectivity index (χ2v) is 4.87. The molecule has 2 heteroatoms. The van der Waals surface area contributed by atoms with Crippen molar-refractivity contribution in [3.05, 3.63) is 42.0 Å². The van der Waals surface area contributed by atoms with E-state index in [0.717, 1.165) is 25.1 Å². The molecule has 0 bridgehead atoms. The number of nitrogens with zero attached hydrogens (tertiary/aromatic N) is 1. The van der Waals surface area contributed by atoms with E-state index in [0.29, 0.717) is 0 Å². The molecule has 2 nitrogen and oxygen atoms in total. The van der Waals surface area contributed by atoms with Crippen molar-refractivity contribution in [2.75, 3.05) is 27.7 Å². The van der Waals surface area contributed by atoms with Crippen molar-refractivity contribution < 1.29 is 4.74 Å². The Morgan fingerprint density at radius 1 is 1.06 bits per heavy atom. The minimum absolute atomic E-state index is 1.01. The minimum atomic E-state index is 1.01. The molecule has 96 valence electrons. The fraction of sp³-hybridized carbons (Fsp3) is 0.375. The number of hydrogen-bond donors (Lipinski definition) is 0. The average Bonchev–Trinajstić information content (AvgIpc) is 2.38. The molecule has 0 fully saturated rings. The molecule has 0 aliphatic carbocycles. The first-order valence-corrected chi connectivity index (χ1v) is 6.41. The Balaban J connectivity index is 2.32. The summed E-state index contributed by atoms with van der Waals surface area (Å²) < 4.78 is 5.50. The quantitative estimate of drug-likeness (QED) is 0.798. The minimum Gasteiger partial charge on any atom is -0.496 e. The maximum absolute atomic E-state index is 5.50. The van der Waals surface area contributed by atoms with Crippen LogP contribution in [-0.4, -0.2) is 32.6 Å². The highest BCUT2D eigenvalue weighted by molar-refractivity contribution is 5.87. The number of rotatable bonds is 5. The van der Waals surface area contributed by atoms with E-state index < -0.39 is 0 Å². The summed E-state index contributed by atoms with van der Waals surface area (Å²) in [5.41, 5.74) is 1.33. The zero-order valence-electron chi connectivity index (χ0n) is 11.4. The molecule has 0 amide bonds. The maximum Gasteiger partial charge on any atom is 0.122 e. The summed E-state index contributed by atoms with van der Waals surface area (Å²) in [5, 5.41) is 2.61. The van der Waals surface area contributed by atoms with E-state index in [4.69, 9.17) is 4.74 Å². The standard InChI is InChI=1S/C16H21NO/c1-17(2)12-6-9-15-14-8-5-4-7-13(14)10-11-16(15)18-3/h4-5,7-8,10-11H,6,9,12H2,1-3H3. The number of methoxy groups -OCH3 is 1. The van der Waals surface area contributed by atoms with Crippen LogP contribution >= 0.6 is 0 Å². The SMILES string of the molecule is COc1ccc2ccccc2c1CCCN(C)C. The van der Waals surface area contributed by atoms with Gasteiger partial charge in [-0.25, -0.2) is 0 Å². The van der Waals surface area contributed by atoms with Crippen LogP contribution in [0.5, 0.6) is 5.75 Å². The first-order valence-electron chi connectivity index (χ1n) is 6.41. The van der Waals surface area contributed by atoms with E-state index >= 15 is 0 Å². The second-order valence-electron chi connectivity index (χ2n) is 4.87. The van der Waals surface area contributed by atoms with Crippen LogP contribution in [0, 0.1) is 0 Å². The van der Waals surface area contributed by atoms with Gasteiger partial charge in [-0.3, -0.25) is 0 Å². The van der Waals surface area contributed by atoms with E-state index in [1.165, 1.54) is 16.3 Å². The normalized spacial score (nSPS) is 11.1. The highest BCUT2D eigenvalue weighted by Crippen LogP contribution is 2.28. The lowest BCUT2D eigenvalue weighted by Crippen LogP contribution is -2.13. The Morgan fingerprint density at radius 2 is 1.83 bits per heavy atom. The highest BCUT2D eigenvalue weighted by Gasteiger charge is 2.07. The molecule has 0 N–H and O–H groups in total. The fourth-order valence-electron chi connectivity index (χ4n) is 2.34. The van der Waals surface area contributed by atoms with Gasteiger partial charge in [0.15, 0.2) is 0 Å². The molecule has 0 aromatic heterocycles. The Hall–Kier alpha value is -1.54. The summed E-state index contributed by atoms with van der Waals surface area (Å²) in [6.07, 6.45) is 2.21. The molecule has 0 saturated heterocycles. The van der Waals surface area contributed by atoms with Gasteiger partial charge in [-0.1, -0.05) is 30.3 Å². The summed E-state index contributed by atoms with van der Waals surface area (Å²) in [4.78, 5) is 2.22. The molecule has 0 radical (unpaired) electrons. The molecule has 0 aliphatic heterocycles. The lowest BCUT2D eigenvalue weighted by molar-refractivity contribution is 0.392. The number of fused-ring (bicyclic) bond motifs is 1. The van der Waals surface area contributed by atoms with Gasteiger partial charge in [0.2, 0.25) is 0 Å². The van der Waals surface area contributed by atoms with Crippen LogP contribution in [0.25, 0.3) is 10.8 Å². The van der Waals surface area contributed by atoms with E-state index in [9.17, 15) is 0 Å². The van der Waals surface area contributed by atoms with E-state index in [-0.39, 0.29) is 0 Å². The number of benzene rings is 2. The van der Waals surface area contributed by atoms with Crippen molar-refractivity contribution >= 4 is 10.8 Å². The van der Waals surface area contributed by atoms with Gasteiger partial charge in [0.05, 0.1) is 7.11 Å². The Labute approximate surface area is 109 Å². The van der Waals surface area contributed by atoms with Gasteiger partial charge in [-0.15, -0.1) is 0 Å². The lowest BCUT2D eigenvalue weighted by atomic mass is 9.99. The van der Waals surface area contributed by atoms with E-state index in [2.05, 4.69) is 55.4 Å². The van der Waals surface area contributed by atoms with Crippen LogP contribution in [0.3, 0.4) is 0 Å². The van der Waals surface area contributed by atoms with Gasteiger partial charge in [0.25, 0.3) is 0 Å². The topological polar surface area (TPSA) is 12.5 Å². The highest BCUT2D eigenvalue weighted by atomic mass is 16.5. The smallest absolute Gasteiger partial charge is 0.122 e. The summed E-state index contributed by atoms with van der Waals surface area (Å²) >= 11 is 0. The molecule has 18 heavy (non-hydrogen) atoms. The summed E-state index contributed by atoms with van der Waals surface area (Å²) in [7, 11) is 5.97. The molecule has 0 unspecified atom stereocenters.